The zero-order valence-electron chi connectivity index (χ0n) is 27.0. The molecule has 9 heteroatoms. The third-order valence-electron chi connectivity index (χ3n) is 10.0. The van der Waals surface area contributed by atoms with Crippen LogP contribution in [0.5, 0.6) is 0 Å². The second-order valence-corrected chi connectivity index (χ2v) is 25.6. The minimum Gasteiger partial charge on any atom is -0.485 e. The molecule has 0 unspecified atom stereocenters. The Balaban J connectivity index is 1.55. The number of ether oxygens (including phenoxy) is 4. The van der Waals surface area contributed by atoms with Crippen molar-refractivity contribution in [3.8, 4) is 0 Å². The fourth-order valence-corrected chi connectivity index (χ4v) is 19.0. The number of fused-ring (bicyclic) bond motifs is 4. The fraction of sp³-hybridized carbons (Fsp3) is 0.871. The Morgan fingerprint density at radius 1 is 0.900 bits per heavy atom. The average Bonchev–Trinajstić information content (AvgIpc) is 3.56. The summed E-state index contributed by atoms with van der Waals surface area (Å²) in [6.07, 6.45) is 4.02. The first-order valence-corrected chi connectivity index (χ1v) is 19.5. The minimum atomic E-state index is -2.73. The first-order chi connectivity index (χ1) is 18.5. The van der Waals surface area contributed by atoms with Crippen LogP contribution in [0.15, 0.2) is 23.5 Å². The van der Waals surface area contributed by atoms with Crippen LogP contribution >= 0.6 is 0 Å². The predicted octanol–water partition coefficient (Wildman–Crippen LogP) is 7.13. The van der Waals surface area contributed by atoms with Gasteiger partial charge in [0.1, 0.15) is 24.1 Å². The molecule has 0 aromatic rings. The second kappa shape index (κ2) is 10.3. The SMILES string of the molecule is CC(C)[Si](O[C@@H]1C=C(C2=C[C@@H]3O[C@H]2CC32OCCO2)O[C@@H]2CO[Si](C(C)(C)C)(C(C)(C)C)O[C@@H]12)(C(C)C)C(C)C. The molecule has 5 heterocycles. The van der Waals surface area contributed by atoms with Gasteiger partial charge in [-0.25, -0.2) is 0 Å². The van der Waals surface area contributed by atoms with Crippen LogP contribution in [0, 0.1) is 0 Å². The molecule has 2 bridgehead atoms. The molecule has 0 aliphatic carbocycles. The van der Waals surface area contributed by atoms with Crippen LogP contribution in [0.1, 0.15) is 89.5 Å². The molecular weight excluding hydrogens is 541 g/mol. The largest absolute Gasteiger partial charge is 0.485 e. The average molecular weight is 595 g/mol. The summed E-state index contributed by atoms with van der Waals surface area (Å²) in [6.45, 7) is 29.4. The number of rotatable bonds is 6. The van der Waals surface area contributed by atoms with Crippen LogP contribution in [0.4, 0.5) is 0 Å². The van der Waals surface area contributed by atoms with Gasteiger partial charge in [0.05, 0.1) is 32.0 Å². The Labute approximate surface area is 244 Å². The van der Waals surface area contributed by atoms with Gasteiger partial charge in [0.15, 0.2) is 0 Å². The lowest BCUT2D eigenvalue weighted by Gasteiger charge is -2.57. The Bertz CT molecular complexity index is 980. The van der Waals surface area contributed by atoms with Crippen molar-refractivity contribution in [2.75, 3.05) is 19.8 Å². The lowest BCUT2D eigenvalue weighted by molar-refractivity contribution is -0.175. The summed E-state index contributed by atoms with van der Waals surface area (Å²) in [4.78, 5) is 0. The molecule has 0 aromatic heterocycles. The van der Waals surface area contributed by atoms with Gasteiger partial charge < -0.3 is 32.2 Å². The van der Waals surface area contributed by atoms with E-state index in [1.807, 2.05) is 0 Å². The molecule has 0 amide bonds. The van der Waals surface area contributed by atoms with Crippen molar-refractivity contribution in [3.05, 3.63) is 23.5 Å². The van der Waals surface area contributed by atoms with Gasteiger partial charge >= 0.3 is 8.56 Å². The van der Waals surface area contributed by atoms with E-state index in [1.165, 1.54) is 0 Å². The Morgan fingerprint density at radius 2 is 1.48 bits per heavy atom. The summed E-state index contributed by atoms with van der Waals surface area (Å²) >= 11 is 0. The van der Waals surface area contributed by atoms with E-state index in [-0.39, 0.29) is 40.6 Å². The van der Waals surface area contributed by atoms with Crippen molar-refractivity contribution in [3.63, 3.8) is 0 Å². The molecular formula is C31H54O7Si2. The highest BCUT2D eigenvalue weighted by atomic mass is 28.4. The van der Waals surface area contributed by atoms with E-state index < -0.39 is 22.7 Å². The molecule has 7 nitrogen and oxygen atoms in total. The van der Waals surface area contributed by atoms with Gasteiger partial charge in [-0.05, 0) is 28.8 Å². The maximum atomic E-state index is 7.52. The summed E-state index contributed by atoms with van der Waals surface area (Å²) in [5.74, 6) is 0.206. The molecule has 5 aliphatic heterocycles. The van der Waals surface area contributed by atoms with Crippen LogP contribution in [0.2, 0.25) is 26.7 Å². The molecule has 0 aromatic carbocycles. The third kappa shape index (κ3) is 4.66. The maximum absolute atomic E-state index is 7.52. The topological polar surface area (TPSA) is 64.6 Å². The monoisotopic (exact) mass is 594 g/mol. The van der Waals surface area contributed by atoms with E-state index >= 15 is 0 Å². The van der Waals surface area contributed by atoms with E-state index in [4.69, 9.17) is 32.2 Å². The fourth-order valence-electron chi connectivity index (χ4n) is 8.56. The Hall–Kier alpha value is -0.526. The van der Waals surface area contributed by atoms with Crippen molar-refractivity contribution < 1.29 is 32.2 Å². The standard InChI is InChI=1S/C31H54O7Si2/c1-19(2)39(20(3)4,21(5)6)37-24-16-23(22-15-27-31(17-25(22)36-27)32-13-14-33-31)35-26-18-34-40(29(7,8)9,30(10,11)12)38-28(24)26/h15-16,19-21,24-28H,13-14,17-18H2,1-12H3/t24-,25+,26-,27+,28+/m1/s1. The Kier molecular flexibility index (Phi) is 7.95. The van der Waals surface area contributed by atoms with E-state index in [1.54, 1.807) is 0 Å². The second-order valence-electron chi connectivity index (χ2n) is 15.5. The molecule has 3 saturated heterocycles. The predicted molar refractivity (Wildman–Crippen MR) is 161 cm³/mol. The maximum Gasteiger partial charge on any atom is 0.349 e. The summed E-state index contributed by atoms with van der Waals surface area (Å²) in [7, 11) is -4.97. The van der Waals surface area contributed by atoms with Gasteiger partial charge in [0, 0.05) is 22.1 Å². The van der Waals surface area contributed by atoms with Crippen LogP contribution in [0.3, 0.4) is 0 Å². The first kappa shape index (κ1) is 30.9. The van der Waals surface area contributed by atoms with Crippen molar-refractivity contribution >= 4 is 16.9 Å². The smallest absolute Gasteiger partial charge is 0.349 e. The highest BCUT2D eigenvalue weighted by Crippen LogP contribution is 2.56. The lowest BCUT2D eigenvalue weighted by Crippen LogP contribution is -2.68. The van der Waals surface area contributed by atoms with E-state index in [9.17, 15) is 0 Å². The molecule has 5 atom stereocenters. The van der Waals surface area contributed by atoms with Crippen molar-refractivity contribution in [2.45, 2.75) is 153 Å². The van der Waals surface area contributed by atoms with Crippen molar-refractivity contribution in [1.29, 1.82) is 0 Å². The zero-order chi connectivity index (χ0) is 29.5. The van der Waals surface area contributed by atoms with Gasteiger partial charge in [-0.3, -0.25) is 0 Å². The number of hydrogen-bond donors (Lipinski definition) is 0. The molecule has 0 radical (unpaired) electrons. The molecule has 1 spiro atoms. The van der Waals surface area contributed by atoms with Crippen molar-refractivity contribution in [1.82, 2.24) is 0 Å². The van der Waals surface area contributed by atoms with E-state index in [0.29, 0.717) is 42.9 Å². The van der Waals surface area contributed by atoms with Gasteiger partial charge in [-0.2, -0.15) is 0 Å². The highest BCUT2D eigenvalue weighted by Gasteiger charge is 2.65. The van der Waals surface area contributed by atoms with Crippen LogP contribution < -0.4 is 0 Å². The molecule has 3 fully saturated rings. The quantitative estimate of drug-likeness (QED) is 0.303. The van der Waals surface area contributed by atoms with Crippen LogP contribution in [0.25, 0.3) is 0 Å². The summed E-state index contributed by atoms with van der Waals surface area (Å²) in [5.41, 5.74) is 2.45. The van der Waals surface area contributed by atoms with Crippen molar-refractivity contribution in [2.24, 2.45) is 0 Å². The van der Waals surface area contributed by atoms with Crippen LogP contribution in [-0.2, 0) is 32.2 Å². The van der Waals surface area contributed by atoms with E-state index in [0.717, 1.165) is 11.3 Å². The lowest BCUT2D eigenvalue weighted by atomic mass is 9.91. The number of hydrogen-bond acceptors (Lipinski definition) is 7. The molecule has 40 heavy (non-hydrogen) atoms. The van der Waals surface area contributed by atoms with Gasteiger partial charge in [-0.15, -0.1) is 0 Å². The molecule has 228 valence electrons. The van der Waals surface area contributed by atoms with Crippen LogP contribution in [-0.4, -0.2) is 73.0 Å². The molecule has 5 rings (SSSR count). The summed E-state index contributed by atoms with van der Waals surface area (Å²) in [5, 5.41) is -0.242. The van der Waals surface area contributed by atoms with E-state index in [2.05, 4.69) is 95.2 Å². The summed E-state index contributed by atoms with van der Waals surface area (Å²) in [6, 6.07) is 0. The molecule has 5 aliphatic rings. The highest BCUT2D eigenvalue weighted by molar-refractivity contribution is 6.77. The van der Waals surface area contributed by atoms with Gasteiger partial charge in [-0.1, -0.05) is 83.1 Å². The van der Waals surface area contributed by atoms with Gasteiger partial charge in [0.25, 0.3) is 0 Å². The zero-order valence-corrected chi connectivity index (χ0v) is 29.0. The third-order valence-corrected chi connectivity index (χ3v) is 21.2. The Morgan fingerprint density at radius 3 is 1.95 bits per heavy atom. The first-order valence-electron chi connectivity index (χ1n) is 15.5. The molecule has 0 saturated carbocycles. The van der Waals surface area contributed by atoms with Gasteiger partial charge in [0.2, 0.25) is 14.1 Å². The normalized spacial score (nSPS) is 33.5. The molecule has 0 N–H and O–H groups in total. The minimum absolute atomic E-state index is 0.114. The summed E-state index contributed by atoms with van der Waals surface area (Å²) < 4.78 is 46.8.